The number of benzene rings is 1. The van der Waals surface area contributed by atoms with E-state index in [0.29, 0.717) is 12.8 Å². The molecule has 1 spiro atoms. The molecule has 1 N–H and O–H groups in total. The van der Waals surface area contributed by atoms with Crippen LogP contribution < -0.4 is 5.32 Å². The molecule has 7 heteroatoms. The van der Waals surface area contributed by atoms with Crippen LogP contribution in [-0.2, 0) is 19.0 Å². The van der Waals surface area contributed by atoms with Crippen molar-refractivity contribution in [3.05, 3.63) is 33.8 Å². The largest absolute Gasteiger partial charge is 0.508 e. The van der Waals surface area contributed by atoms with Gasteiger partial charge >= 0.3 is 6.16 Å². The standard InChI is InChI=1S/C20H26BrNO5/c1-4-26-19(24)27-17-16(14-11-12(2)5-6-15(14)21)18(23)22-20(17)9-7-13(25-3)8-10-20/h5-6,11,13,16-17H,4,7-10H2,1-3H3,(H,22,23). The van der Waals surface area contributed by atoms with Gasteiger partial charge < -0.3 is 19.5 Å². The Balaban J connectivity index is 1.97. The Morgan fingerprint density at radius 3 is 2.67 bits per heavy atom. The molecule has 3 rings (SSSR count). The number of ether oxygens (including phenoxy) is 3. The van der Waals surface area contributed by atoms with Crippen LogP contribution in [-0.4, -0.2) is 43.5 Å². The summed E-state index contributed by atoms with van der Waals surface area (Å²) in [5.41, 5.74) is 1.28. The maximum atomic E-state index is 13.0. The van der Waals surface area contributed by atoms with Gasteiger partial charge in [-0.05, 0) is 51.2 Å². The summed E-state index contributed by atoms with van der Waals surface area (Å²) in [4.78, 5) is 25.2. The molecule has 2 fully saturated rings. The fourth-order valence-corrected chi connectivity index (χ4v) is 4.74. The van der Waals surface area contributed by atoms with Crippen molar-refractivity contribution in [2.24, 2.45) is 0 Å². The van der Waals surface area contributed by atoms with Gasteiger partial charge in [-0.1, -0.05) is 33.6 Å². The van der Waals surface area contributed by atoms with Gasteiger partial charge in [0.2, 0.25) is 5.91 Å². The van der Waals surface area contributed by atoms with Gasteiger partial charge in [0.15, 0.2) is 0 Å². The molecule has 1 aliphatic carbocycles. The van der Waals surface area contributed by atoms with Crippen molar-refractivity contribution in [2.75, 3.05) is 13.7 Å². The molecule has 2 unspecified atom stereocenters. The summed E-state index contributed by atoms with van der Waals surface area (Å²) in [6.45, 7) is 3.93. The molecule has 1 amide bonds. The Labute approximate surface area is 168 Å². The van der Waals surface area contributed by atoms with E-state index in [1.807, 2.05) is 25.1 Å². The van der Waals surface area contributed by atoms with Gasteiger partial charge in [0.05, 0.1) is 18.2 Å². The molecule has 1 heterocycles. The lowest BCUT2D eigenvalue weighted by molar-refractivity contribution is -0.121. The fourth-order valence-electron chi connectivity index (χ4n) is 4.24. The molecule has 1 saturated carbocycles. The monoisotopic (exact) mass is 439 g/mol. The average molecular weight is 440 g/mol. The fraction of sp³-hybridized carbons (Fsp3) is 0.600. The van der Waals surface area contributed by atoms with E-state index >= 15 is 0 Å². The highest BCUT2D eigenvalue weighted by Crippen LogP contribution is 2.46. The Morgan fingerprint density at radius 1 is 1.33 bits per heavy atom. The van der Waals surface area contributed by atoms with Gasteiger partial charge in [-0.3, -0.25) is 4.79 Å². The highest BCUT2D eigenvalue weighted by atomic mass is 79.9. The van der Waals surface area contributed by atoms with Crippen LogP contribution >= 0.6 is 15.9 Å². The number of methoxy groups -OCH3 is 1. The van der Waals surface area contributed by atoms with Crippen LogP contribution in [0.2, 0.25) is 0 Å². The first-order valence-electron chi connectivity index (χ1n) is 9.34. The van der Waals surface area contributed by atoms with E-state index in [1.165, 1.54) is 0 Å². The topological polar surface area (TPSA) is 73.9 Å². The summed E-state index contributed by atoms with van der Waals surface area (Å²) in [5.74, 6) is -0.700. The lowest BCUT2D eigenvalue weighted by Crippen LogP contribution is -2.53. The first kappa shape index (κ1) is 20.1. The minimum absolute atomic E-state index is 0.119. The molecule has 27 heavy (non-hydrogen) atoms. The quantitative estimate of drug-likeness (QED) is 0.721. The molecular formula is C20H26BrNO5. The molecule has 6 nitrogen and oxygen atoms in total. The lowest BCUT2D eigenvalue weighted by atomic mass is 9.74. The van der Waals surface area contributed by atoms with E-state index in [-0.39, 0.29) is 18.6 Å². The van der Waals surface area contributed by atoms with Crippen molar-refractivity contribution < 1.29 is 23.8 Å². The summed E-state index contributed by atoms with van der Waals surface area (Å²) in [5, 5.41) is 3.16. The Kier molecular flexibility index (Phi) is 6.11. The van der Waals surface area contributed by atoms with E-state index in [2.05, 4.69) is 21.2 Å². The number of amides is 1. The highest BCUT2D eigenvalue weighted by Gasteiger charge is 2.57. The maximum absolute atomic E-state index is 13.0. The number of rotatable bonds is 4. The van der Waals surface area contributed by atoms with E-state index in [0.717, 1.165) is 28.4 Å². The smallest absolute Gasteiger partial charge is 0.435 e. The maximum Gasteiger partial charge on any atom is 0.508 e. The van der Waals surface area contributed by atoms with Crippen LogP contribution in [0.5, 0.6) is 0 Å². The average Bonchev–Trinajstić information content (AvgIpc) is 2.89. The SMILES string of the molecule is CCOC(=O)OC1C(c2cc(C)ccc2Br)C(=O)NC12CCC(OC)CC2. The number of halogens is 1. The molecular weight excluding hydrogens is 414 g/mol. The second-order valence-corrected chi connectivity index (χ2v) is 8.16. The van der Waals surface area contributed by atoms with Crippen LogP contribution in [0.25, 0.3) is 0 Å². The molecule has 1 aliphatic heterocycles. The second kappa shape index (κ2) is 8.19. The normalized spacial score (nSPS) is 30.2. The molecule has 1 aromatic carbocycles. The van der Waals surface area contributed by atoms with Crippen LogP contribution in [0.4, 0.5) is 4.79 Å². The Bertz CT molecular complexity index is 714. The molecule has 2 atom stereocenters. The molecule has 148 valence electrons. The third-order valence-electron chi connectivity index (χ3n) is 5.63. The van der Waals surface area contributed by atoms with Gasteiger partial charge in [0.1, 0.15) is 12.0 Å². The van der Waals surface area contributed by atoms with E-state index in [4.69, 9.17) is 14.2 Å². The number of aryl methyl sites for hydroxylation is 1. The second-order valence-electron chi connectivity index (χ2n) is 7.30. The number of carbonyl (C=O) groups is 2. The van der Waals surface area contributed by atoms with Gasteiger partial charge in [-0.25, -0.2) is 4.79 Å². The zero-order valence-corrected chi connectivity index (χ0v) is 17.5. The zero-order valence-electron chi connectivity index (χ0n) is 15.9. The molecule has 1 aromatic rings. The molecule has 0 radical (unpaired) electrons. The number of carbonyl (C=O) groups excluding carboxylic acids is 2. The summed E-state index contributed by atoms with van der Waals surface area (Å²) in [7, 11) is 1.70. The third kappa shape index (κ3) is 3.99. The number of hydrogen-bond acceptors (Lipinski definition) is 5. The van der Waals surface area contributed by atoms with Crippen molar-refractivity contribution in [1.29, 1.82) is 0 Å². The van der Waals surface area contributed by atoms with Gasteiger partial charge in [0.25, 0.3) is 0 Å². The van der Waals surface area contributed by atoms with Crippen LogP contribution in [0, 0.1) is 6.92 Å². The van der Waals surface area contributed by atoms with E-state index in [9.17, 15) is 9.59 Å². The predicted octanol–water partition coefficient (Wildman–Crippen LogP) is 3.84. The Morgan fingerprint density at radius 2 is 2.04 bits per heavy atom. The van der Waals surface area contributed by atoms with Gasteiger partial charge in [-0.15, -0.1) is 0 Å². The van der Waals surface area contributed by atoms with E-state index < -0.39 is 23.7 Å². The zero-order chi connectivity index (χ0) is 19.6. The summed E-state index contributed by atoms with van der Waals surface area (Å²) >= 11 is 3.55. The number of nitrogens with one attached hydrogen (secondary N) is 1. The minimum Gasteiger partial charge on any atom is -0.435 e. The first-order chi connectivity index (χ1) is 12.9. The molecule has 0 bridgehead atoms. The molecule has 0 aromatic heterocycles. The predicted molar refractivity (Wildman–Crippen MR) is 104 cm³/mol. The van der Waals surface area contributed by atoms with Crippen LogP contribution in [0.15, 0.2) is 22.7 Å². The van der Waals surface area contributed by atoms with Gasteiger partial charge in [-0.2, -0.15) is 0 Å². The van der Waals surface area contributed by atoms with Crippen molar-refractivity contribution in [2.45, 2.75) is 63.2 Å². The summed E-state index contributed by atoms with van der Waals surface area (Å²) < 4.78 is 17.1. The Hall–Kier alpha value is -1.60. The van der Waals surface area contributed by atoms with Crippen molar-refractivity contribution in [3.63, 3.8) is 0 Å². The summed E-state index contributed by atoms with van der Waals surface area (Å²) in [6.07, 6.45) is 1.81. The van der Waals surface area contributed by atoms with Crippen molar-refractivity contribution >= 4 is 28.0 Å². The summed E-state index contributed by atoms with van der Waals surface area (Å²) in [6, 6.07) is 5.86. The molecule has 1 saturated heterocycles. The number of hydrogen-bond donors (Lipinski definition) is 1. The van der Waals surface area contributed by atoms with Crippen molar-refractivity contribution in [1.82, 2.24) is 5.32 Å². The molecule has 2 aliphatic rings. The third-order valence-corrected chi connectivity index (χ3v) is 6.35. The minimum atomic E-state index is -0.735. The highest BCUT2D eigenvalue weighted by molar-refractivity contribution is 9.10. The lowest BCUT2D eigenvalue weighted by Gasteiger charge is -2.40. The first-order valence-corrected chi connectivity index (χ1v) is 10.1. The van der Waals surface area contributed by atoms with E-state index in [1.54, 1.807) is 14.0 Å². The van der Waals surface area contributed by atoms with Crippen LogP contribution in [0.3, 0.4) is 0 Å². The van der Waals surface area contributed by atoms with Crippen LogP contribution in [0.1, 0.15) is 49.7 Å². The van der Waals surface area contributed by atoms with Gasteiger partial charge in [0, 0.05) is 11.6 Å². The van der Waals surface area contributed by atoms with Crippen molar-refractivity contribution in [3.8, 4) is 0 Å².